The molecule has 0 bridgehead atoms. The Bertz CT molecular complexity index is 984. The van der Waals surface area contributed by atoms with Gasteiger partial charge in [-0.25, -0.2) is 5.01 Å². The molecular weight excluding hydrogens is 400 g/mol. The van der Waals surface area contributed by atoms with Crippen LogP contribution < -0.4 is 19.9 Å². The number of fused-ring (bicyclic) bond motifs is 1. The van der Waals surface area contributed by atoms with Gasteiger partial charge < -0.3 is 9.47 Å². The van der Waals surface area contributed by atoms with E-state index in [1.807, 2.05) is 26.0 Å². The predicted octanol–water partition coefficient (Wildman–Crippen LogP) is 3.26. The molecule has 132 valence electrons. The Morgan fingerprint density at radius 2 is 1.81 bits per heavy atom. The minimum Gasteiger partial charge on any atom is -0.454 e. The quantitative estimate of drug-likeness (QED) is 0.604. The third kappa shape index (κ3) is 2.74. The second-order valence-corrected chi connectivity index (χ2v) is 6.99. The molecule has 26 heavy (non-hydrogen) atoms. The Morgan fingerprint density at radius 3 is 2.54 bits per heavy atom. The van der Waals surface area contributed by atoms with Crippen molar-refractivity contribution in [1.82, 2.24) is 5.43 Å². The van der Waals surface area contributed by atoms with Crippen LogP contribution in [-0.4, -0.2) is 18.6 Å². The van der Waals surface area contributed by atoms with Crippen molar-refractivity contribution in [3.05, 3.63) is 57.1 Å². The highest BCUT2D eigenvalue weighted by Gasteiger charge is 2.34. The van der Waals surface area contributed by atoms with Gasteiger partial charge in [0.25, 0.3) is 11.8 Å². The van der Waals surface area contributed by atoms with Crippen molar-refractivity contribution in [3.63, 3.8) is 0 Å². The van der Waals surface area contributed by atoms with Gasteiger partial charge in [0, 0.05) is 4.47 Å². The molecule has 2 amide bonds. The predicted molar refractivity (Wildman–Crippen MR) is 99.8 cm³/mol. The number of hydrogen-bond donors (Lipinski definition) is 1. The summed E-state index contributed by atoms with van der Waals surface area (Å²) in [4.78, 5) is 25.1. The van der Waals surface area contributed by atoms with Crippen molar-refractivity contribution >= 4 is 39.5 Å². The highest BCUT2D eigenvalue weighted by molar-refractivity contribution is 9.10. The number of ether oxygens (including phenoxy) is 2. The first-order valence-electron chi connectivity index (χ1n) is 7.97. The monoisotopic (exact) mass is 414 g/mol. The summed E-state index contributed by atoms with van der Waals surface area (Å²) in [5, 5.41) is 1.27. The van der Waals surface area contributed by atoms with Crippen molar-refractivity contribution in [2.45, 2.75) is 13.8 Å². The summed E-state index contributed by atoms with van der Waals surface area (Å²) in [5.41, 5.74) is 6.12. The first-order valence-corrected chi connectivity index (χ1v) is 8.77. The first kappa shape index (κ1) is 16.7. The lowest BCUT2D eigenvalue weighted by atomic mass is 10.1. The van der Waals surface area contributed by atoms with Crippen LogP contribution in [0.5, 0.6) is 11.5 Å². The number of amides is 2. The molecule has 0 unspecified atom stereocenters. The number of aryl methyl sites for hydroxylation is 2. The normalized spacial score (nSPS) is 17.2. The number of hydrogen-bond acceptors (Lipinski definition) is 4. The van der Waals surface area contributed by atoms with Gasteiger partial charge in [-0.1, -0.05) is 22.0 Å². The first-order chi connectivity index (χ1) is 12.4. The summed E-state index contributed by atoms with van der Waals surface area (Å²) >= 11 is 3.44. The Labute approximate surface area is 158 Å². The molecule has 2 heterocycles. The smallest absolute Gasteiger partial charge is 0.282 e. The van der Waals surface area contributed by atoms with Crippen LogP contribution in [0.4, 0.5) is 5.69 Å². The van der Waals surface area contributed by atoms with Crippen LogP contribution in [0, 0.1) is 13.8 Å². The van der Waals surface area contributed by atoms with Crippen molar-refractivity contribution in [3.8, 4) is 11.5 Å². The van der Waals surface area contributed by atoms with Crippen LogP contribution >= 0.6 is 15.9 Å². The Morgan fingerprint density at radius 1 is 1.08 bits per heavy atom. The van der Waals surface area contributed by atoms with E-state index in [4.69, 9.17) is 9.47 Å². The maximum absolute atomic E-state index is 12.8. The molecular formula is C19H15BrN2O4. The van der Waals surface area contributed by atoms with Gasteiger partial charge in [0.05, 0.1) is 5.69 Å². The number of anilines is 1. The fourth-order valence-corrected chi connectivity index (χ4v) is 3.24. The molecule has 0 atom stereocenters. The maximum atomic E-state index is 12.8. The molecule has 2 aliphatic rings. The minimum atomic E-state index is -0.446. The van der Waals surface area contributed by atoms with Gasteiger partial charge in [-0.2, -0.15) is 0 Å². The van der Waals surface area contributed by atoms with E-state index in [-0.39, 0.29) is 12.4 Å². The molecule has 1 N–H and O–H groups in total. The van der Waals surface area contributed by atoms with E-state index >= 15 is 0 Å². The molecule has 2 aromatic rings. The van der Waals surface area contributed by atoms with Gasteiger partial charge in [0.1, 0.15) is 5.57 Å². The van der Waals surface area contributed by atoms with Crippen LogP contribution in [0.2, 0.25) is 0 Å². The third-order valence-corrected chi connectivity index (χ3v) is 5.12. The fraction of sp³-hybridized carbons (Fsp3) is 0.158. The molecule has 1 fully saturated rings. The molecule has 4 rings (SSSR count). The molecule has 7 heteroatoms. The summed E-state index contributed by atoms with van der Waals surface area (Å²) in [6, 6.07) is 9.08. The van der Waals surface area contributed by atoms with Gasteiger partial charge in [-0.3, -0.25) is 15.0 Å². The number of carbonyl (C=O) groups excluding carboxylic acids is 2. The van der Waals surface area contributed by atoms with E-state index in [1.165, 1.54) is 5.01 Å². The van der Waals surface area contributed by atoms with Crippen molar-refractivity contribution in [1.29, 1.82) is 0 Å². The third-order valence-electron chi connectivity index (χ3n) is 4.43. The Hall–Kier alpha value is -2.80. The Balaban J connectivity index is 1.69. The molecule has 0 aliphatic carbocycles. The Kier molecular flexibility index (Phi) is 3.96. The number of rotatable bonds is 2. The summed E-state index contributed by atoms with van der Waals surface area (Å²) in [6.07, 6.45) is 1.55. The molecule has 0 aromatic heterocycles. The van der Waals surface area contributed by atoms with Gasteiger partial charge in [-0.15, -0.1) is 0 Å². The highest BCUT2D eigenvalue weighted by atomic mass is 79.9. The van der Waals surface area contributed by atoms with Crippen LogP contribution in [0.15, 0.2) is 40.4 Å². The highest BCUT2D eigenvalue weighted by Crippen LogP contribution is 2.38. The van der Waals surface area contributed by atoms with E-state index in [1.54, 1.807) is 24.3 Å². The standard InChI is InChI=1S/C19H15BrN2O4/c1-10-3-4-13(5-11(10)2)22-19(24)14(18(23)21-22)6-12-7-16-17(8-15(12)20)26-9-25-16/h3-8H,9H2,1-2H3,(H,21,23)/b14-6+. The average molecular weight is 415 g/mol. The number of carbonyl (C=O) groups is 2. The number of halogens is 1. The van der Waals surface area contributed by atoms with E-state index in [9.17, 15) is 9.59 Å². The summed E-state index contributed by atoms with van der Waals surface area (Å²) in [6.45, 7) is 4.11. The lowest BCUT2D eigenvalue weighted by Gasteiger charge is -2.16. The molecule has 1 saturated heterocycles. The average Bonchev–Trinajstić information content (AvgIpc) is 3.16. The topological polar surface area (TPSA) is 67.9 Å². The summed E-state index contributed by atoms with van der Waals surface area (Å²) < 4.78 is 11.4. The lowest BCUT2D eigenvalue weighted by Crippen LogP contribution is -2.35. The number of nitrogens with one attached hydrogen (secondary N) is 1. The molecule has 0 spiro atoms. The van der Waals surface area contributed by atoms with E-state index in [0.29, 0.717) is 27.2 Å². The second kappa shape index (κ2) is 6.17. The molecule has 6 nitrogen and oxygen atoms in total. The number of nitrogens with zero attached hydrogens (tertiary/aromatic N) is 1. The minimum absolute atomic E-state index is 0.0581. The van der Waals surface area contributed by atoms with Crippen LogP contribution in [-0.2, 0) is 9.59 Å². The van der Waals surface area contributed by atoms with Crippen LogP contribution in [0.1, 0.15) is 16.7 Å². The van der Waals surface area contributed by atoms with Crippen molar-refractivity contribution in [2.24, 2.45) is 0 Å². The van der Waals surface area contributed by atoms with Crippen molar-refractivity contribution in [2.75, 3.05) is 11.8 Å². The summed E-state index contributed by atoms with van der Waals surface area (Å²) in [5.74, 6) is 0.357. The molecule has 0 saturated carbocycles. The fourth-order valence-electron chi connectivity index (χ4n) is 2.80. The van der Waals surface area contributed by atoms with Gasteiger partial charge in [0.2, 0.25) is 6.79 Å². The molecule has 0 radical (unpaired) electrons. The molecule has 2 aromatic carbocycles. The zero-order valence-electron chi connectivity index (χ0n) is 14.1. The van der Waals surface area contributed by atoms with E-state index in [0.717, 1.165) is 11.1 Å². The van der Waals surface area contributed by atoms with Gasteiger partial charge in [0.15, 0.2) is 11.5 Å². The number of benzene rings is 2. The summed E-state index contributed by atoms with van der Waals surface area (Å²) in [7, 11) is 0. The van der Waals surface area contributed by atoms with Gasteiger partial charge >= 0.3 is 0 Å². The van der Waals surface area contributed by atoms with Gasteiger partial charge in [-0.05, 0) is 60.9 Å². The largest absolute Gasteiger partial charge is 0.454 e. The number of hydrazine groups is 1. The van der Waals surface area contributed by atoms with Crippen molar-refractivity contribution < 1.29 is 19.1 Å². The maximum Gasteiger partial charge on any atom is 0.282 e. The van der Waals surface area contributed by atoms with E-state index in [2.05, 4.69) is 21.4 Å². The van der Waals surface area contributed by atoms with E-state index < -0.39 is 11.8 Å². The zero-order valence-corrected chi connectivity index (χ0v) is 15.7. The SMILES string of the molecule is Cc1ccc(N2NC(=O)/C(=C\c3cc4c(cc3Br)OCO4)C2=O)cc1C. The lowest BCUT2D eigenvalue weighted by molar-refractivity contribution is -0.117. The molecule has 2 aliphatic heterocycles. The zero-order chi connectivity index (χ0) is 18.4. The van der Waals surface area contributed by atoms with Crippen LogP contribution in [0.3, 0.4) is 0 Å². The second-order valence-electron chi connectivity index (χ2n) is 6.14. The van der Waals surface area contributed by atoms with Crippen LogP contribution in [0.25, 0.3) is 6.08 Å².